The number of ether oxygens (including phenoxy) is 1. The summed E-state index contributed by atoms with van der Waals surface area (Å²) in [5.41, 5.74) is 3.69. The number of hydrogen-bond acceptors (Lipinski definition) is 5. The molecule has 2 aromatic rings. The highest BCUT2D eigenvalue weighted by Gasteiger charge is 2.26. The highest BCUT2D eigenvalue weighted by atomic mass is 16.6. The lowest BCUT2D eigenvalue weighted by Crippen LogP contribution is -2.50. The first-order chi connectivity index (χ1) is 14.0. The average Bonchev–Trinajstić information content (AvgIpc) is 2.74. The monoisotopic (exact) mass is 396 g/mol. The molecule has 1 saturated heterocycles. The van der Waals surface area contributed by atoms with E-state index in [1.807, 2.05) is 12.1 Å². The quantitative estimate of drug-likeness (QED) is 0.774. The lowest BCUT2D eigenvalue weighted by Gasteiger charge is -2.34. The van der Waals surface area contributed by atoms with Crippen LogP contribution in [0.5, 0.6) is 0 Å². The van der Waals surface area contributed by atoms with Gasteiger partial charge in [0.15, 0.2) is 0 Å². The molecule has 0 N–H and O–H groups in total. The van der Waals surface area contributed by atoms with Crippen molar-refractivity contribution in [2.24, 2.45) is 0 Å². The van der Waals surface area contributed by atoms with Crippen LogP contribution >= 0.6 is 0 Å². The van der Waals surface area contributed by atoms with Crippen molar-refractivity contribution in [1.82, 2.24) is 14.8 Å². The molecule has 1 fully saturated rings. The van der Waals surface area contributed by atoms with Gasteiger partial charge in [0.2, 0.25) is 0 Å². The first-order valence-corrected chi connectivity index (χ1v) is 10.0. The molecule has 0 radical (unpaired) electrons. The number of piperazine rings is 1. The average molecular weight is 396 g/mol. The predicted octanol–water partition coefficient (Wildman–Crippen LogP) is 3.46. The SMILES string of the molecule is CCOC(=O)N1CCN(C(=O)c2cncc(N(CC)c3cccc(C)c3)c2)CC1. The minimum absolute atomic E-state index is 0.0665. The van der Waals surface area contributed by atoms with Gasteiger partial charge in [-0.2, -0.15) is 0 Å². The molecular weight excluding hydrogens is 368 g/mol. The van der Waals surface area contributed by atoms with Gasteiger partial charge >= 0.3 is 6.09 Å². The highest BCUT2D eigenvalue weighted by Crippen LogP contribution is 2.26. The first-order valence-electron chi connectivity index (χ1n) is 10.0. The number of hydrogen-bond donors (Lipinski definition) is 0. The van der Waals surface area contributed by atoms with E-state index >= 15 is 0 Å². The van der Waals surface area contributed by atoms with E-state index in [0.717, 1.165) is 17.9 Å². The van der Waals surface area contributed by atoms with E-state index in [1.165, 1.54) is 5.56 Å². The second kappa shape index (κ2) is 9.41. The van der Waals surface area contributed by atoms with Crippen LogP contribution in [0.4, 0.5) is 16.2 Å². The number of carbonyl (C=O) groups excluding carboxylic acids is 2. The summed E-state index contributed by atoms with van der Waals surface area (Å²) in [6.07, 6.45) is 3.06. The summed E-state index contributed by atoms with van der Waals surface area (Å²) in [6, 6.07) is 10.1. The summed E-state index contributed by atoms with van der Waals surface area (Å²) in [5, 5.41) is 0. The standard InChI is InChI=1S/C22H28N4O3/c1-4-26(19-8-6-7-17(3)13-19)20-14-18(15-23-16-20)21(27)24-9-11-25(12-10-24)22(28)29-5-2/h6-8,13-16H,4-5,9-12H2,1-3H3. The van der Waals surface area contributed by atoms with E-state index in [0.29, 0.717) is 38.3 Å². The zero-order chi connectivity index (χ0) is 20.8. The molecule has 0 saturated carbocycles. The molecule has 0 aliphatic carbocycles. The largest absolute Gasteiger partial charge is 0.450 e. The Kier molecular flexibility index (Phi) is 6.69. The molecule has 154 valence electrons. The van der Waals surface area contributed by atoms with Gasteiger partial charge in [0.05, 0.1) is 24.1 Å². The third kappa shape index (κ3) is 4.85. The van der Waals surface area contributed by atoms with Crippen LogP contribution in [0.25, 0.3) is 0 Å². The van der Waals surface area contributed by atoms with E-state index < -0.39 is 0 Å². The van der Waals surface area contributed by atoms with Crippen molar-refractivity contribution in [2.45, 2.75) is 20.8 Å². The maximum absolute atomic E-state index is 13.0. The zero-order valence-electron chi connectivity index (χ0n) is 17.3. The molecule has 1 aromatic carbocycles. The van der Waals surface area contributed by atoms with E-state index in [2.05, 4.69) is 41.9 Å². The van der Waals surface area contributed by atoms with Gasteiger partial charge in [-0.1, -0.05) is 12.1 Å². The lowest BCUT2D eigenvalue weighted by molar-refractivity contribution is 0.0570. The van der Waals surface area contributed by atoms with Crippen LogP contribution in [-0.2, 0) is 4.74 Å². The first kappa shape index (κ1) is 20.6. The summed E-state index contributed by atoms with van der Waals surface area (Å²) in [7, 11) is 0. The minimum atomic E-state index is -0.319. The molecule has 7 nitrogen and oxygen atoms in total. The molecule has 0 atom stereocenters. The molecule has 2 amide bonds. The van der Waals surface area contributed by atoms with Gasteiger partial charge < -0.3 is 19.4 Å². The molecule has 2 heterocycles. The summed E-state index contributed by atoms with van der Waals surface area (Å²) in [6.45, 7) is 8.95. The van der Waals surface area contributed by atoms with Crippen LogP contribution < -0.4 is 4.90 Å². The third-order valence-corrected chi connectivity index (χ3v) is 5.00. The fraction of sp³-hybridized carbons (Fsp3) is 0.409. The highest BCUT2D eigenvalue weighted by molar-refractivity contribution is 5.95. The van der Waals surface area contributed by atoms with Gasteiger partial charge in [-0.25, -0.2) is 4.79 Å². The van der Waals surface area contributed by atoms with Gasteiger partial charge in [-0.15, -0.1) is 0 Å². The van der Waals surface area contributed by atoms with Crippen LogP contribution in [0.3, 0.4) is 0 Å². The van der Waals surface area contributed by atoms with Gasteiger partial charge in [-0.05, 0) is 44.5 Å². The van der Waals surface area contributed by atoms with Crippen molar-refractivity contribution in [1.29, 1.82) is 0 Å². The third-order valence-electron chi connectivity index (χ3n) is 5.00. The normalized spacial score (nSPS) is 13.9. The van der Waals surface area contributed by atoms with E-state index in [-0.39, 0.29) is 12.0 Å². The Morgan fingerprint density at radius 1 is 1.03 bits per heavy atom. The molecule has 0 bridgehead atoms. The van der Waals surface area contributed by atoms with Crippen LogP contribution in [0.1, 0.15) is 29.8 Å². The van der Waals surface area contributed by atoms with E-state index in [1.54, 1.807) is 29.1 Å². The van der Waals surface area contributed by atoms with E-state index in [9.17, 15) is 9.59 Å². The van der Waals surface area contributed by atoms with Crippen molar-refractivity contribution >= 4 is 23.4 Å². The van der Waals surface area contributed by atoms with Crippen LogP contribution in [0.15, 0.2) is 42.7 Å². The molecule has 1 aromatic heterocycles. The maximum atomic E-state index is 13.0. The molecule has 1 aliphatic heterocycles. The number of benzene rings is 1. The Morgan fingerprint density at radius 3 is 2.41 bits per heavy atom. The summed E-state index contributed by atoms with van der Waals surface area (Å²) in [4.78, 5) is 34.7. The smallest absolute Gasteiger partial charge is 0.409 e. The van der Waals surface area contributed by atoms with Crippen molar-refractivity contribution < 1.29 is 14.3 Å². The second-order valence-corrected chi connectivity index (χ2v) is 6.99. The summed E-state index contributed by atoms with van der Waals surface area (Å²) in [5.74, 6) is -0.0665. The Bertz CT molecular complexity index is 863. The Labute approximate surface area is 171 Å². The minimum Gasteiger partial charge on any atom is -0.450 e. The molecule has 0 spiro atoms. The Hall–Kier alpha value is -3.09. The van der Waals surface area contributed by atoms with Crippen molar-refractivity contribution in [3.05, 3.63) is 53.9 Å². The fourth-order valence-corrected chi connectivity index (χ4v) is 3.49. The number of pyridine rings is 1. The molecule has 1 aliphatic rings. The maximum Gasteiger partial charge on any atom is 0.409 e. The molecule has 0 unspecified atom stereocenters. The van der Waals surface area contributed by atoms with Gasteiger partial charge in [0.25, 0.3) is 5.91 Å². The zero-order valence-corrected chi connectivity index (χ0v) is 17.3. The molecule has 7 heteroatoms. The Morgan fingerprint density at radius 2 is 1.76 bits per heavy atom. The summed E-state index contributed by atoms with van der Waals surface area (Å²) >= 11 is 0. The van der Waals surface area contributed by atoms with Crippen molar-refractivity contribution in [3.63, 3.8) is 0 Å². The van der Waals surface area contributed by atoms with Crippen molar-refractivity contribution in [3.8, 4) is 0 Å². The van der Waals surface area contributed by atoms with Crippen LogP contribution in [-0.4, -0.2) is 66.1 Å². The molecule has 3 rings (SSSR count). The predicted molar refractivity (Wildman–Crippen MR) is 113 cm³/mol. The summed E-state index contributed by atoms with van der Waals surface area (Å²) < 4.78 is 5.03. The number of carbonyl (C=O) groups is 2. The molecular formula is C22H28N4O3. The fourth-order valence-electron chi connectivity index (χ4n) is 3.49. The number of aromatic nitrogens is 1. The number of nitrogens with zero attached hydrogens (tertiary/aromatic N) is 4. The van der Waals surface area contributed by atoms with Gasteiger partial charge in [-0.3, -0.25) is 9.78 Å². The molecule has 29 heavy (non-hydrogen) atoms. The number of rotatable bonds is 5. The van der Waals surface area contributed by atoms with E-state index in [4.69, 9.17) is 4.74 Å². The van der Waals surface area contributed by atoms with Gasteiger partial charge in [0.1, 0.15) is 0 Å². The van der Waals surface area contributed by atoms with Gasteiger partial charge in [0, 0.05) is 44.6 Å². The number of amides is 2. The number of anilines is 2. The topological polar surface area (TPSA) is 66.0 Å². The number of aryl methyl sites for hydroxylation is 1. The Balaban J connectivity index is 1.72. The van der Waals surface area contributed by atoms with Crippen molar-refractivity contribution in [2.75, 3.05) is 44.2 Å². The van der Waals surface area contributed by atoms with Crippen LogP contribution in [0.2, 0.25) is 0 Å². The van der Waals surface area contributed by atoms with Crippen LogP contribution in [0, 0.1) is 6.92 Å². The second-order valence-electron chi connectivity index (χ2n) is 6.99. The lowest BCUT2D eigenvalue weighted by atomic mass is 10.1.